The highest BCUT2D eigenvalue weighted by molar-refractivity contribution is 7.53. The molecule has 2 aromatic rings. The van der Waals surface area contributed by atoms with Crippen LogP contribution in [0.15, 0.2) is 30.3 Å². The van der Waals surface area contributed by atoms with Crippen LogP contribution in [0.3, 0.4) is 0 Å². The van der Waals surface area contributed by atoms with Gasteiger partial charge < -0.3 is 13.8 Å². The van der Waals surface area contributed by atoms with Crippen molar-refractivity contribution in [1.29, 1.82) is 5.26 Å². The van der Waals surface area contributed by atoms with Gasteiger partial charge in [0.1, 0.15) is 17.6 Å². The zero-order valence-corrected chi connectivity index (χ0v) is 16.1. The summed E-state index contributed by atoms with van der Waals surface area (Å²) in [6.07, 6.45) is -4.53. The van der Waals surface area contributed by atoms with E-state index >= 15 is 0 Å². The van der Waals surface area contributed by atoms with Crippen molar-refractivity contribution in [3.05, 3.63) is 52.0 Å². The van der Waals surface area contributed by atoms with E-state index in [1.54, 1.807) is 6.92 Å². The van der Waals surface area contributed by atoms with Crippen molar-refractivity contribution in [2.24, 2.45) is 0 Å². The summed E-state index contributed by atoms with van der Waals surface area (Å²) in [5.74, 6) is 0.102. The van der Waals surface area contributed by atoms with Gasteiger partial charge in [-0.25, -0.2) is 4.57 Å². The quantitative estimate of drug-likeness (QED) is 0.541. The second-order valence-electron chi connectivity index (χ2n) is 5.52. The van der Waals surface area contributed by atoms with Gasteiger partial charge in [-0.15, -0.1) is 0 Å². The van der Waals surface area contributed by atoms with Crippen LogP contribution in [0.1, 0.15) is 16.7 Å². The Balaban J connectivity index is 2.42. The van der Waals surface area contributed by atoms with E-state index in [0.29, 0.717) is 5.56 Å². The molecule has 0 heterocycles. The molecule has 1 atom stereocenters. The standard InChI is InChI=1S/C17H14ClF3NO4P/c1-10-6-11(9-22)16(26-27(3,23)24-2)8-15(10)25-14-5-4-12(7-13(14)18)17(19,20)21/h4-8H,1-3H3. The topological polar surface area (TPSA) is 68.6 Å². The van der Waals surface area contributed by atoms with Crippen molar-refractivity contribution in [1.82, 2.24) is 0 Å². The molecule has 2 rings (SSSR count). The Kier molecular flexibility index (Phi) is 6.10. The van der Waals surface area contributed by atoms with Gasteiger partial charge in [0.2, 0.25) is 0 Å². The fraction of sp³-hybridized carbons (Fsp3) is 0.235. The maximum absolute atomic E-state index is 12.7. The van der Waals surface area contributed by atoms with Gasteiger partial charge in [0, 0.05) is 19.8 Å². The van der Waals surface area contributed by atoms with Crippen LogP contribution in [-0.2, 0) is 15.3 Å². The molecule has 0 saturated carbocycles. The van der Waals surface area contributed by atoms with E-state index in [1.165, 1.54) is 25.9 Å². The molecule has 0 aromatic heterocycles. The van der Waals surface area contributed by atoms with Gasteiger partial charge in [-0.2, -0.15) is 18.4 Å². The Morgan fingerprint density at radius 3 is 2.33 bits per heavy atom. The summed E-state index contributed by atoms with van der Waals surface area (Å²) in [4.78, 5) is 0. The van der Waals surface area contributed by atoms with E-state index < -0.39 is 19.3 Å². The maximum Gasteiger partial charge on any atom is 0.416 e. The third-order valence-corrected chi connectivity index (χ3v) is 4.96. The summed E-state index contributed by atoms with van der Waals surface area (Å²) in [5, 5.41) is 8.97. The molecule has 144 valence electrons. The number of rotatable bonds is 5. The summed E-state index contributed by atoms with van der Waals surface area (Å²) in [6.45, 7) is 2.85. The van der Waals surface area contributed by atoms with E-state index in [-0.39, 0.29) is 27.8 Å². The third-order valence-electron chi connectivity index (χ3n) is 3.47. The molecule has 0 bridgehead atoms. The number of ether oxygens (including phenoxy) is 1. The van der Waals surface area contributed by atoms with E-state index in [9.17, 15) is 23.0 Å². The monoisotopic (exact) mass is 419 g/mol. The molecule has 27 heavy (non-hydrogen) atoms. The molecule has 0 fully saturated rings. The highest BCUT2D eigenvalue weighted by Gasteiger charge is 2.31. The summed E-state index contributed by atoms with van der Waals surface area (Å²) >= 11 is 5.89. The first-order valence-electron chi connectivity index (χ1n) is 7.39. The fourth-order valence-electron chi connectivity index (χ4n) is 2.04. The average Bonchev–Trinajstić information content (AvgIpc) is 2.58. The predicted octanol–water partition coefficient (Wildman–Crippen LogP) is 6.18. The number of benzene rings is 2. The van der Waals surface area contributed by atoms with Crippen LogP contribution >= 0.6 is 19.2 Å². The maximum atomic E-state index is 12.7. The van der Waals surface area contributed by atoms with E-state index in [2.05, 4.69) is 0 Å². The van der Waals surface area contributed by atoms with E-state index in [4.69, 9.17) is 25.4 Å². The smallest absolute Gasteiger partial charge is 0.416 e. The van der Waals surface area contributed by atoms with Crippen molar-refractivity contribution < 1.29 is 31.5 Å². The molecule has 1 unspecified atom stereocenters. The van der Waals surface area contributed by atoms with Crippen molar-refractivity contribution in [2.45, 2.75) is 13.1 Å². The van der Waals surface area contributed by atoms with Gasteiger partial charge in [0.05, 0.1) is 16.1 Å². The summed E-state index contributed by atoms with van der Waals surface area (Å²) < 4.78 is 65.8. The number of halogens is 4. The van der Waals surface area contributed by atoms with Gasteiger partial charge in [-0.1, -0.05) is 11.6 Å². The molecule has 0 aliphatic rings. The molecule has 5 nitrogen and oxygen atoms in total. The minimum absolute atomic E-state index is 0.0187. The molecule has 0 radical (unpaired) electrons. The molecule has 0 spiro atoms. The first-order valence-corrected chi connectivity index (χ1v) is 9.76. The molecule has 0 amide bonds. The summed E-state index contributed by atoms with van der Waals surface area (Å²) in [5.41, 5.74) is -0.317. The predicted molar refractivity (Wildman–Crippen MR) is 93.6 cm³/mol. The lowest BCUT2D eigenvalue weighted by Gasteiger charge is -2.17. The first kappa shape index (κ1) is 21.1. The summed E-state index contributed by atoms with van der Waals surface area (Å²) in [6, 6.07) is 7.30. The van der Waals surface area contributed by atoms with Crippen molar-refractivity contribution in [3.8, 4) is 23.3 Å². The Labute approximate surface area is 158 Å². The fourth-order valence-corrected chi connectivity index (χ4v) is 2.84. The lowest BCUT2D eigenvalue weighted by Crippen LogP contribution is -2.04. The number of hydrogen-bond donors (Lipinski definition) is 0. The lowest BCUT2D eigenvalue weighted by molar-refractivity contribution is -0.137. The highest BCUT2D eigenvalue weighted by atomic mass is 35.5. The van der Waals surface area contributed by atoms with Crippen LogP contribution < -0.4 is 9.26 Å². The minimum atomic E-state index is -4.53. The average molecular weight is 420 g/mol. The van der Waals surface area contributed by atoms with Gasteiger partial charge in [0.25, 0.3) is 0 Å². The van der Waals surface area contributed by atoms with Crippen molar-refractivity contribution >= 4 is 19.2 Å². The van der Waals surface area contributed by atoms with E-state index in [0.717, 1.165) is 18.2 Å². The van der Waals surface area contributed by atoms with Gasteiger partial charge in [-0.3, -0.25) is 0 Å². The Hall–Kier alpha value is -2.20. The largest absolute Gasteiger partial charge is 0.455 e. The highest BCUT2D eigenvalue weighted by Crippen LogP contribution is 2.46. The number of aryl methyl sites for hydroxylation is 1. The molecule has 2 aromatic carbocycles. The molecular formula is C17H14ClF3NO4P. The van der Waals surface area contributed by atoms with Crippen LogP contribution in [0.5, 0.6) is 17.2 Å². The van der Waals surface area contributed by atoms with Gasteiger partial charge in [-0.05, 0) is 36.8 Å². The summed E-state index contributed by atoms with van der Waals surface area (Å²) in [7, 11) is -2.25. The lowest BCUT2D eigenvalue weighted by atomic mass is 10.1. The second kappa shape index (κ2) is 7.81. The Morgan fingerprint density at radius 1 is 1.15 bits per heavy atom. The first-order chi connectivity index (χ1) is 12.5. The van der Waals surface area contributed by atoms with Crippen LogP contribution in [0.2, 0.25) is 5.02 Å². The Morgan fingerprint density at radius 2 is 1.81 bits per heavy atom. The molecule has 10 heteroatoms. The zero-order chi connectivity index (χ0) is 20.4. The van der Waals surface area contributed by atoms with Crippen LogP contribution in [0.25, 0.3) is 0 Å². The van der Waals surface area contributed by atoms with Crippen LogP contribution in [-0.4, -0.2) is 13.8 Å². The Bertz CT molecular complexity index is 956. The van der Waals surface area contributed by atoms with Gasteiger partial charge >= 0.3 is 13.8 Å². The molecule has 0 aliphatic heterocycles. The van der Waals surface area contributed by atoms with Crippen LogP contribution in [0.4, 0.5) is 13.2 Å². The zero-order valence-electron chi connectivity index (χ0n) is 14.4. The molecule has 0 saturated heterocycles. The van der Waals surface area contributed by atoms with Crippen molar-refractivity contribution in [2.75, 3.05) is 13.8 Å². The SMILES string of the molecule is COP(C)(=O)Oc1cc(Oc2ccc(C(F)(F)F)cc2Cl)c(C)cc1C#N. The third kappa shape index (κ3) is 5.16. The van der Waals surface area contributed by atoms with Crippen molar-refractivity contribution in [3.63, 3.8) is 0 Å². The molecular weight excluding hydrogens is 406 g/mol. The number of nitrogens with zero attached hydrogens (tertiary/aromatic N) is 1. The normalized spacial score (nSPS) is 13.6. The number of alkyl halides is 3. The molecule has 0 aliphatic carbocycles. The van der Waals surface area contributed by atoms with Gasteiger partial charge in [0.15, 0.2) is 5.75 Å². The second-order valence-corrected chi connectivity index (χ2v) is 8.01. The van der Waals surface area contributed by atoms with E-state index in [1.807, 2.05) is 6.07 Å². The number of hydrogen-bond acceptors (Lipinski definition) is 5. The minimum Gasteiger partial charge on any atom is -0.455 e. The number of nitriles is 1. The molecule has 0 N–H and O–H groups in total. The van der Waals surface area contributed by atoms with Crippen LogP contribution in [0, 0.1) is 18.3 Å².